The van der Waals surface area contributed by atoms with Crippen molar-refractivity contribution in [2.75, 3.05) is 5.73 Å². The molecule has 0 amide bonds. The number of aromatic nitrogens is 3. The zero-order valence-corrected chi connectivity index (χ0v) is 14.6. The first-order chi connectivity index (χ1) is 10.8. The van der Waals surface area contributed by atoms with Gasteiger partial charge in [0, 0.05) is 24.0 Å². The molecule has 0 aliphatic carbocycles. The number of aryl methyl sites for hydroxylation is 2. The molecule has 0 bridgehead atoms. The average Bonchev–Trinajstić information content (AvgIpc) is 2.85. The summed E-state index contributed by atoms with van der Waals surface area (Å²) in [7, 11) is 1.91. The van der Waals surface area contributed by atoms with E-state index in [2.05, 4.69) is 49.1 Å². The van der Waals surface area contributed by atoms with Gasteiger partial charge < -0.3 is 5.73 Å². The van der Waals surface area contributed by atoms with Crippen LogP contribution in [0.2, 0.25) is 0 Å². The van der Waals surface area contributed by atoms with Crippen molar-refractivity contribution >= 4 is 27.6 Å². The molecule has 3 rings (SSSR count). The zero-order chi connectivity index (χ0) is 16.6. The van der Waals surface area contributed by atoms with Crippen LogP contribution in [0.15, 0.2) is 24.4 Å². The first kappa shape index (κ1) is 15.8. The molecule has 4 nitrogen and oxygen atoms in total. The lowest BCUT2D eigenvalue weighted by atomic mass is 9.89. The molecule has 3 aromatic rings. The molecule has 0 saturated carbocycles. The lowest BCUT2D eigenvalue weighted by molar-refractivity contribution is 0.360. The predicted molar refractivity (Wildman–Crippen MR) is 97.4 cm³/mol. The van der Waals surface area contributed by atoms with Gasteiger partial charge >= 0.3 is 0 Å². The average molecular weight is 310 g/mol. The van der Waals surface area contributed by atoms with Gasteiger partial charge in [0.05, 0.1) is 5.52 Å². The molecular weight excluding hydrogens is 284 g/mol. The van der Waals surface area contributed by atoms with E-state index < -0.39 is 0 Å². The van der Waals surface area contributed by atoms with Crippen molar-refractivity contribution in [1.29, 1.82) is 0 Å². The van der Waals surface area contributed by atoms with Gasteiger partial charge in [0.25, 0.3) is 0 Å². The van der Waals surface area contributed by atoms with Crippen molar-refractivity contribution < 1.29 is 0 Å². The van der Waals surface area contributed by atoms with Gasteiger partial charge in [-0.3, -0.25) is 4.68 Å². The zero-order valence-electron chi connectivity index (χ0n) is 14.6. The maximum atomic E-state index is 6.07. The number of unbranched alkanes of at least 4 members (excludes halogenated alkanes) is 1. The Kier molecular flexibility index (Phi) is 4.00. The highest BCUT2D eigenvalue weighted by Gasteiger charge is 2.11. The number of fused-ring (bicyclic) bond motifs is 3. The van der Waals surface area contributed by atoms with Gasteiger partial charge in [-0.2, -0.15) is 5.10 Å². The van der Waals surface area contributed by atoms with E-state index in [9.17, 15) is 0 Å². The maximum Gasteiger partial charge on any atom is 0.152 e. The van der Waals surface area contributed by atoms with Gasteiger partial charge in [0.2, 0.25) is 0 Å². The molecule has 0 aliphatic heterocycles. The van der Waals surface area contributed by atoms with Crippen LogP contribution in [0, 0.1) is 5.41 Å². The van der Waals surface area contributed by atoms with E-state index in [1.165, 1.54) is 24.8 Å². The standard InChI is InChI=1S/C19H26N4/c1-19(2,3)10-6-5-7-13-8-9-14-15-12-23(4)22-17(15)18(20)21-16(14)11-13/h8-9,11-12H,5-7,10H2,1-4H3,(H2,20,21). The first-order valence-corrected chi connectivity index (χ1v) is 8.35. The molecule has 0 aliphatic rings. The second kappa shape index (κ2) is 5.84. The smallest absolute Gasteiger partial charge is 0.152 e. The van der Waals surface area contributed by atoms with Crippen molar-refractivity contribution in [3.63, 3.8) is 0 Å². The van der Waals surface area contributed by atoms with Gasteiger partial charge in [-0.1, -0.05) is 39.3 Å². The van der Waals surface area contributed by atoms with Crippen LogP contribution in [0.4, 0.5) is 5.82 Å². The Bertz CT molecular complexity index is 840. The summed E-state index contributed by atoms with van der Waals surface area (Å²) >= 11 is 0. The third-order valence-corrected chi connectivity index (χ3v) is 4.31. The van der Waals surface area contributed by atoms with Crippen LogP contribution in [-0.2, 0) is 13.5 Å². The van der Waals surface area contributed by atoms with Crippen LogP contribution in [0.3, 0.4) is 0 Å². The van der Waals surface area contributed by atoms with Gasteiger partial charge in [-0.05, 0) is 36.3 Å². The van der Waals surface area contributed by atoms with E-state index in [0.717, 1.165) is 28.2 Å². The molecule has 0 saturated heterocycles. The molecule has 0 unspecified atom stereocenters. The number of nitrogens with zero attached hydrogens (tertiary/aromatic N) is 3. The molecule has 122 valence electrons. The minimum atomic E-state index is 0.422. The van der Waals surface area contributed by atoms with Gasteiger partial charge in [0.1, 0.15) is 5.52 Å². The number of pyridine rings is 1. The van der Waals surface area contributed by atoms with Crippen molar-refractivity contribution in [2.24, 2.45) is 12.5 Å². The number of hydrogen-bond donors (Lipinski definition) is 1. The van der Waals surface area contributed by atoms with Gasteiger partial charge in [-0.15, -0.1) is 0 Å². The molecular formula is C19H26N4. The summed E-state index contributed by atoms with van der Waals surface area (Å²) < 4.78 is 1.79. The summed E-state index contributed by atoms with van der Waals surface area (Å²) in [6, 6.07) is 6.55. The maximum absolute atomic E-state index is 6.07. The Morgan fingerprint density at radius 3 is 2.65 bits per heavy atom. The molecule has 1 aromatic carbocycles. The molecule has 0 fully saturated rings. The van der Waals surface area contributed by atoms with Crippen LogP contribution in [0.1, 0.15) is 45.6 Å². The molecule has 4 heteroatoms. The number of hydrogen-bond acceptors (Lipinski definition) is 3. The van der Waals surface area contributed by atoms with Crippen molar-refractivity contribution in [3.8, 4) is 0 Å². The highest BCUT2D eigenvalue weighted by molar-refractivity contribution is 6.07. The minimum Gasteiger partial charge on any atom is -0.382 e. The topological polar surface area (TPSA) is 56.7 Å². The number of benzene rings is 1. The summed E-state index contributed by atoms with van der Waals surface area (Å²) in [5.74, 6) is 0.512. The third-order valence-electron chi connectivity index (χ3n) is 4.31. The molecule has 0 radical (unpaired) electrons. The molecule has 2 N–H and O–H groups in total. The Morgan fingerprint density at radius 2 is 1.91 bits per heavy atom. The fraction of sp³-hybridized carbons (Fsp3) is 0.474. The predicted octanol–water partition coefficient (Wildman–Crippen LogP) is 4.46. The minimum absolute atomic E-state index is 0.422. The highest BCUT2D eigenvalue weighted by Crippen LogP contribution is 2.28. The quantitative estimate of drug-likeness (QED) is 0.724. The number of rotatable bonds is 4. The van der Waals surface area contributed by atoms with E-state index in [1.807, 2.05) is 13.2 Å². The summed E-state index contributed by atoms with van der Waals surface area (Å²) in [6.45, 7) is 6.90. The highest BCUT2D eigenvalue weighted by atomic mass is 15.3. The van der Waals surface area contributed by atoms with Crippen molar-refractivity contribution in [2.45, 2.75) is 46.5 Å². The summed E-state index contributed by atoms with van der Waals surface area (Å²) in [5, 5.41) is 6.60. The third kappa shape index (κ3) is 3.46. The summed E-state index contributed by atoms with van der Waals surface area (Å²) in [6.07, 6.45) is 6.85. The molecule has 0 atom stereocenters. The SMILES string of the molecule is Cn1cc2c(n1)c(N)nc1cc(CCCCC(C)(C)C)ccc12. The lowest BCUT2D eigenvalue weighted by Crippen LogP contribution is -2.04. The van der Waals surface area contributed by atoms with Crippen LogP contribution in [0.25, 0.3) is 21.8 Å². The Labute approximate surface area is 137 Å². The van der Waals surface area contributed by atoms with E-state index in [4.69, 9.17) is 5.73 Å². The second-order valence-corrected chi connectivity index (χ2v) is 7.68. The summed E-state index contributed by atoms with van der Waals surface area (Å²) in [4.78, 5) is 4.55. The van der Waals surface area contributed by atoms with E-state index >= 15 is 0 Å². The Balaban J connectivity index is 1.83. The lowest BCUT2D eigenvalue weighted by Gasteiger charge is -2.17. The number of anilines is 1. The number of nitrogens with two attached hydrogens (primary N) is 1. The molecule has 2 heterocycles. The summed E-state index contributed by atoms with van der Waals surface area (Å²) in [5.41, 5.74) is 9.58. The van der Waals surface area contributed by atoms with Crippen molar-refractivity contribution in [1.82, 2.24) is 14.8 Å². The van der Waals surface area contributed by atoms with Crippen LogP contribution >= 0.6 is 0 Å². The Hall–Kier alpha value is -2.10. The van der Waals surface area contributed by atoms with Crippen LogP contribution in [-0.4, -0.2) is 14.8 Å². The fourth-order valence-corrected chi connectivity index (χ4v) is 3.09. The number of nitrogen functional groups attached to an aromatic ring is 1. The largest absolute Gasteiger partial charge is 0.382 e. The van der Waals surface area contributed by atoms with E-state index in [-0.39, 0.29) is 0 Å². The van der Waals surface area contributed by atoms with Crippen LogP contribution < -0.4 is 5.73 Å². The second-order valence-electron chi connectivity index (χ2n) is 7.68. The van der Waals surface area contributed by atoms with Crippen LogP contribution in [0.5, 0.6) is 0 Å². The van der Waals surface area contributed by atoms with Crippen molar-refractivity contribution in [3.05, 3.63) is 30.0 Å². The molecule has 2 aromatic heterocycles. The monoisotopic (exact) mass is 310 g/mol. The van der Waals surface area contributed by atoms with E-state index in [0.29, 0.717) is 11.2 Å². The Morgan fingerprint density at radius 1 is 1.13 bits per heavy atom. The van der Waals surface area contributed by atoms with Gasteiger partial charge in [-0.25, -0.2) is 4.98 Å². The first-order valence-electron chi connectivity index (χ1n) is 8.35. The van der Waals surface area contributed by atoms with Gasteiger partial charge in [0.15, 0.2) is 5.82 Å². The normalized spacial score (nSPS) is 12.3. The molecule has 0 spiro atoms. The molecule has 23 heavy (non-hydrogen) atoms. The fourth-order valence-electron chi connectivity index (χ4n) is 3.09. The van der Waals surface area contributed by atoms with E-state index in [1.54, 1.807) is 4.68 Å².